The summed E-state index contributed by atoms with van der Waals surface area (Å²) in [6.45, 7) is 8.69. The Bertz CT molecular complexity index is 629. The van der Waals surface area contributed by atoms with E-state index in [0.29, 0.717) is 6.61 Å². The fourth-order valence-electron chi connectivity index (χ4n) is 4.24. The third-order valence-corrected chi connectivity index (χ3v) is 5.89. The van der Waals surface area contributed by atoms with E-state index in [1.165, 1.54) is 12.7 Å². The molecular weight excluding hydrogens is 292 g/mol. The zero-order valence-corrected chi connectivity index (χ0v) is 14.1. The van der Waals surface area contributed by atoms with Gasteiger partial charge in [-0.1, -0.05) is 32.1 Å². The molecule has 23 heavy (non-hydrogen) atoms. The van der Waals surface area contributed by atoms with Gasteiger partial charge in [0.2, 0.25) is 0 Å². The Morgan fingerprint density at radius 2 is 2.26 bits per heavy atom. The third kappa shape index (κ3) is 2.44. The van der Waals surface area contributed by atoms with Crippen molar-refractivity contribution in [1.29, 1.82) is 0 Å². The summed E-state index contributed by atoms with van der Waals surface area (Å²) in [5.74, 6) is -0.489. The quantitative estimate of drug-likeness (QED) is 0.593. The molecule has 124 valence electrons. The number of rotatable bonds is 3. The van der Waals surface area contributed by atoms with Crippen LogP contribution in [0.1, 0.15) is 33.1 Å². The van der Waals surface area contributed by atoms with Crippen molar-refractivity contribution in [1.82, 2.24) is 0 Å². The summed E-state index contributed by atoms with van der Waals surface area (Å²) in [5, 5.41) is 0. The first-order valence-electron chi connectivity index (χ1n) is 8.14. The molecule has 2 aliphatic carbocycles. The van der Waals surface area contributed by atoms with Crippen molar-refractivity contribution >= 4 is 11.9 Å². The second-order valence-corrected chi connectivity index (χ2v) is 7.44. The average molecular weight is 316 g/mol. The molecule has 1 fully saturated rings. The number of hydrogen-bond donors (Lipinski definition) is 0. The molecule has 1 aliphatic heterocycles. The van der Waals surface area contributed by atoms with E-state index >= 15 is 0 Å². The van der Waals surface area contributed by atoms with Crippen molar-refractivity contribution in [3.63, 3.8) is 0 Å². The van der Waals surface area contributed by atoms with Crippen LogP contribution in [0.25, 0.3) is 0 Å². The van der Waals surface area contributed by atoms with E-state index in [9.17, 15) is 9.59 Å². The highest BCUT2D eigenvalue weighted by Crippen LogP contribution is 2.56. The third-order valence-electron chi connectivity index (χ3n) is 5.89. The van der Waals surface area contributed by atoms with E-state index in [4.69, 9.17) is 9.47 Å². The highest BCUT2D eigenvalue weighted by molar-refractivity contribution is 5.81. The number of ether oxygens (including phenoxy) is 2. The van der Waals surface area contributed by atoms with Crippen LogP contribution in [0.3, 0.4) is 0 Å². The number of methoxy groups -OCH3 is 1. The maximum Gasteiger partial charge on any atom is 0.313 e. The second-order valence-electron chi connectivity index (χ2n) is 7.44. The molecule has 1 saturated heterocycles. The van der Waals surface area contributed by atoms with Gasteiger partial charge in [0.05, 0.1) is 26.1 Å². The Balaban J connectivity index is 2.10. The lowest BCUT2D eigenvalue weighted by atomic mass is 9.56. The van der Waals surface area contributed by atoms with Gasteiger partial charge >= 0.3 is 11.9 Å². The zero-order valence-electron chi connectivity index (χ0n) is 14.1. The molecule has 0 amide bonds. The Kier molecular flexibility index (Phi) is 3.74. The molecule has 3 rings (SSSR count). The predicted molar refractivity (Wildman–Crippen MR) is 86.4 cm³/mol. The summed E-state index contributed by atoms with van der Waals surface area (Å²) in [4.78, 5) is 24.0. The van der Waals surface area contributed by atoms with Crippen LogP contribution >= 0.6 is 0 Å². The van der Waals surface area contributed by atoms with Crippen LogP contribution in [0.4, 0.5) is 0 Å². The lowest BCUT2D eigenvalue weighted by Gasteiger charge is -2.46. The first-order chi connectivity index (χ1) is 10.8. The lowest BCUT2D eigenvalue weighted by Crippen LogP contribution is -2.42. The van der Waals surface area contributed by atoms with Crippen molar-refractivity contribution in [2.24, 2.45) is 22.7 Å². The minimum atomic E-state index is -0.281. The average Bonchev–Trinajstić information content (AvgIpc) is 2.83. The molecule has 4 atom stereocenters. The Morgan fingerprint density at radius 3 is 2.91 bits per heavy atom. The molecule has 0 aromatic rings. The van der Waals surface area contributed by atoms with Crippen molar-refractivity contribution in [2.75, 3.05) is 13.7 Å². The minimum absolute atomic E-state index is 0.0757. The molecule has 0 bridgehead atoms. The van der Waals surface area contributed by atoms with Crippen LogP contribution in [0.2, 0.25) is 0 Å². The van der Waals surface area contributed by atoms with Crippen molar-refractivity contribution in [3.8, 4) is 0 Å². The van der Waals surface area contributed by atoms with E-state index < -0.39 is 0 Å². The largest absolute Gasteiger partial charge is 0.469 e. The first kappa shape index (κ1) is 16.0. The van der Waals surface area contributed by atoms with Gasteiger partial charge in [0.1, 0.15) is 0 Å². The standard InChI is InChI=1S/C19H24O4/c1-5-18(2)7-6-14-13(10-18)12(9-16(20)22-4)8-15-17(21)23-11-19(14,15)3/h5,8,10,14-15H,1,6-7,9,11H2,2-4H3. The minimum Gasteiger partial charge on any atom is -0.469 e. The SMILES string of the molecule is C=CC1(C)C=C2C(CC(=O)OC)=CC3C(=O)OCC3(C)C2CC1. The molecule has 0 radical (unpaired) electrons. The van der Waals surface area contributed by atoms with Gasteiger partial charge < -0.3 is 9.47 Å². The van der Waals surface area contributed by atoms with Crippen LogP contribution in [0, 0.1) is 22.7 Å². The molecule has 1 heterocycles. The highest BCUT2D eigenvalue weighted by Gasteiger charge is 2.55. The second kappa shape index (κ2) is 5.36. The number of esters is 2. The number of cyclic esters (lactones) is 1. The molecule has 4 heteroatoms. The number of carbonyl (C=O) groups excluding carboxylic acids is 2. The smallest absolute Gasteiger partial charge is 0.313 e. The monoisotopic (exact) mass is 316 g/mol. The van der Waals surface area contributed by atoms with Gasteiger partial charge in [-0.15, -0.1) is 6.58 Å². The summed E-state index contributed by atoms with van der Waals surface area (Å²) in [5.41, 5.74) is 1.79. The van der Waals surface area contributed by atoms with Gasteiger partial charge in [0.15, 0.2) is 0 Å². The Labute approximate surface area is 137 Å². The van der Waals surface area contributed by atoms with E-state index in [-0.39, 0.29) is 41.0 Å². The molecule has 0 aromatic carbocycles. The molecule has 4 nitrogen and oxygen atoms in total. The summed E-state index contributed by atoms with van der Waals surface area (Å²) >= 11 is 0. The highest BCUT2D eigenvalue weighted by atomic mass is 16.5. The fraction of sp³-hybridized carbons (Fsp3) is 0.579. The molecule has 3 aliphatic rings. The fourth-order valence-corrected chi connectivity index (χ4v) is 4.24. The topological polar surface area (TPSA) is 52.6 Å². The van der Waals surface area contributed by atoms with Crippen LogP contribution < -0.4 is 0 Å². The number of carbonyl (C=O) groups is 2. The van der Waals surface area contributed by atoms with Crippen LogP contribution in [0.15, 0.2) is 36.0 Å². The van der Waals surface area contributed by atoms with Gasteiger partial charge in [-0.3, -0.25) is 9.59 Å². The van der Waals surface area contributed by atoms with Crippen LogP contribution in [-0.4, -0.2) is 25.7 Å². The molecular formula is C19H24O4. The van der Waals surface area contributed by atoms with Gasteiger partial charge in [-0.25, -0.2) is 0 Å². The molecule has 0 spiro atoms. The van der Waals surface area contributed by atoms with Gasteiger partial charge in [-0.05, 0) is 29.9 Å². The Morgan fingerprint density at radius 1 is 1.52 bits per heavy atom. The normalized spacial score (nSPS) is 38.7. The van der Waals surface area contributed by atoms with E-state index in [1.807, 2.05) is 12.2 Å². The number of allylic oxidation sites excluding steroid dienone is 3. The van der Waals surface area contributed by atoms with Gasteiger partial charge in [-0.2, -0.15) is 0 Å². The summed E-state index contributed by atoms with van der Waals surface area (Å²) in [6, 6.07) is 0. The predicted octanol–water partition coefficient (Wildman–Crippen LogP) is 3.20. The van der Waals surface area contributed by atoms with Gasteiger partial charge in [0, 0.05) is 10.8 Å². The van der Waals surface area contributed by atoms with Crippen molar-refractivity contribution < 1.29 is 19.1 Å². The van der Waals surface area contributed by atoms with E-state index in [0.717, 1.165) is 18.4 Å². The molecule has 0 aromatic heterocycles. The zero-order chi connectivity index (χ0) is 16.8. The summed E-state index contributed by atoms with van der Waals surface area (Å²) < 4.78 is 10.2. The summed E-state index contributed by atoms with van der Waals surface area (Å²) in [6.07, 6.45) is 8.29. The van der Waals surface area contributed by atoms with Crippen LogP contribution in [-0.2, 0) is 19.1 Å². The van der Waals surface area contributed by atoms with Crippen LogP contribution in [0.5, 0.6) is 0 Å². The van der Waals surface area contributed by atoms with Gasteiger partial charge in [0.25, 0.3) is 0 Å². The number of fused-ring (bicyclic) bond motifs is 3. The molecule has 0 saturated carbocycles. The Hall–Kier alpha value is -1.84. The molecule has 4 unspecified atom stereocenters. The lowest BCUT2D eigenvalue weighted by molar-refractivity contribution is -0.141. The maximum absolute atomic E-state index is 12.2. The first-order valence-corrected chi connectivity index (χ1v) is 8.14. The van der Waals surface area contributed by atoms with Crippen molar-refractivity contribution in [2.45, 2.75) is 33.1 Å². The maximum atomic E-state index is 12.2. The summed E-state index contributed by atoms with van der Waals surface area (Å²) in [7, 11) is 1.39. The molecule has 0 N–H and O–H groups in total. The van der Waals surface area contributed by atoms with E-state index in [1.54, 1.807) is 0 Å². The number of hydrogen-bond acceptors (Lipinski definition) is 4. The van der Waals surface area contributed by atoms with Crippen molar-refractivity contribution in [3.05, 3.63) is 36.0 Å². The van der Waals surface area contributed by atoms with E-state index in [2.05, 4.69) is 26.5 Å².